The molecule has 2 N–H and O–H groups in total. The van der Waals surface area contributed by atoms with E-state index in [1.54, 1.807) is 29.9 Å². The third kappa shape index (κ3) is 3.17. The lowest BCUT2D eigenvalue weighted by atomic mass is 10.2. The molecule has 0 aromatic carbocycles. The summed E-state index contributed by atoms with van der Waals surface area (Å²) in [5.41, 5.74) is 3.30. The van der Waals surface area contributed by atoms with E-state index in [1.165, 1.54) is 0 Å². The van der Waals surface area contributed by atoms with Gasteiger partial charge < -0.3 is 10.3 Å². The van der Waals surface area contributed by atoms with E-state index in [4.69, 9.17) is 0 Å². The number of carbonyl (C=O) groups excluding carboxylic acids is 1. The minimum absolute atomic E-state index is 0.142. The van der Waals surface area contributed by atoms with Crippen molar-refractivity contribution in [3.63, 3.8) is 0 Å². The number of rotatable bonds is 4. The Labute approximate surface area is 126 Å². The van der Waals surface area contributed by atoms with Crippen LogP contribution in [0.4, 0.5) is 0 Å². The molecule has 106 valence electrons. The van der Waals surface area contributed by atoms with Crippen LogP contribution in [0, 0.1) is 6.92 Å². The third-order valence-corrected chi connectivity index (χ3v) is 3.79. The van der Waals surface area contributed by atoms with Crippen LogP contribution >= 0.6 is 11.3 Å². The molecule has 0 aliphatic carbocycles. The Bertz CT molecular complexity index is 748. The lowest BCUT2D eigenvalue weighted by Crippen LogP contribution is -2.23. The number of carbonyl (C=O) groups is 1. The lowest BCUT2D eigenvalue weighted by Gasteiger charge is -2.02. The van der Waals surface area contributed by atoms with Crippen molar-refractivity contribution >= 4 is 17.2 Å². The highest BCUT2D eigenvalue weighted by Gasteiger charge is 2.10. The number of aryl methyl sites for hydroxylation is 1. The van der Waals surface area contributed by atoms with E-state index in [1.807, 2.05) is 30.5 Å². The number of thiazole rings is 1. The van der Waals surface area contributed by atoms with Crippen LogP contribution in [0.1, 0.15) is 21.1 Å². The Morgan fingerprint density at radius 1 is 1.48 bits per heavy atom. The van der Waals surface area contributed by atoms with Gasteiger partial charge in [-0.15, -0.1) is 11.3 Å². The third-order valence-electron chi connectivity index (χ3n) is 3.02. The fraction of sp³-hybridized carbons (Fsp3) is 0.133. The van der Waals surface area contributed by atoms with Crippen molar-refractivity contribution in [3.05, 3.63) is 58.4 Å². The predicted octanol–water partition coefficient (Wildman–Crippen LogP) is 2.77. The van der Waals surface area contributed by atoms with E-state index in [0.29, 0.717) is 12.2 Å². The molecule has 0 bridgehead atoms. The van der Waals surface area contributed by atoms with Gasteiger partial charge in [0.05, 0.1) is 10.7 Å². The molecule has 21 heavy (non-hydrogen) atoms. The van der Waals surface area contributed by atoms with Gasteiger partial charge in [-0.25, -0.2) is 4.98 Å². The summed E-state index contributed by atoms with van der Waals surface area (Å²) in [5, 5.41) is 5.85. The largest absolute Gasteiger partial charge is 0.357 e. The molecule has 1 amide bonds. The Hall–Kier alpha value is -2.47. The summed E-state index contributed by atoms with van der Waals surface area (Å²) in [4.78, 5) is 23.5. The summed E-state index contributed by atoms with van der Waals surface area (Å²) in [5.74, 6) is -0.142. The van der Waals surface area contributed by atoms with Gasteiger partial charge in [-0.2, -0.15) is 0 Å². The molecule has 3 aromatic heterocycles. The van der Waals surface area contributed by atoms with Crippen molar-refractivity contribution in [2.45, 2.75) is 13.5 Å². The van der Waals surface area contributed by atoms with Crippen LogP contribution in [-0.2, 0) is 6.54 Å². The van der Waals surface area contributed by atoms with Gasteiger partial charge >= 0.3 is 0 Å². The minimum Gasteiger partial charge on any atom is -0.357 e. The molecule has 6 heteroatoms. The van der Waals surface area contributed by atoms with Crippen LogP contribution in [0.2, 0.25) is 0 Å². The molecule has 0 aliphatic rings. The van der Waals surface area contributed by atoms with Gasteiger partial charge in [0.15, 0.2) is 0 Å². The summed E-state index contributed by atoms with van der Waals surface area (Å²) in [6.45, 7) is 2.42. The number of hydrogen-bond acceptors (Lipinski definition) is 4. The van der Waals surface area contributed by atoms with Gasteiger partial charge in [-0.3, -0.25) is 9.78 Å². The van der Waals surface area contributed by atoms with Gasteiger partial charge in [-0.1, -0.05) is 6.07 Å². The van der Waals surface area contributed by atoms with Crippen molar-refractivity contribution < 1.29 is 4.79 Å². The van der Waals surface area contributed by atoms with Crippen LogP contribution < -0.4 is 5.32 Å². The molecule has 0 spiro atoms. The SMILES string of the molecule is Cc1nc(-c2c[nH]c(C(=O)NCc3cccnc3)c2)cs1. The summed E-state index contributed by atoms with van der Waals surface area (Å²) in [6, 6.07) is 5.58. The van der Waals surface area contributed by atoms with Gasteiger partial charge in [0, 0.05) is 36.1 Å². The van der Waals surface area contributed by atoms with E-state index < -0.39 is 0 Å². The fourth-order valence-electron chi connectivity index (χ4n) is 1.95. The topological polar surface area (TPSA) is 70.7 Å². The summed E-state index contributed by atoms with van der Waals surface area (Å²) >= 11 is 1.59. The molecule has 0 saturated carbocycles. The highest BCUT2D eigenvalue weighted by atomic mass is 32.1. The molecule has 3 aromatic rings. The smallest absolute Gasteiger partial charge is 0.267 e. The number of amides is 1. The number of aromatic amines is 1. The van der Waals surface area contributed by atoms with Crippen molar-refractivity contribution in [2.24, 2.45) is 0 Å². The second-order valence-electron chi connectivity index (χ2n) is 4.60. The fourth-order valence-corrected chi connectivity index (χ4v) is 2.57. The van der Waals surface area contributed by atoms with Crippen LogP contribution in [0.5, 0.6) is 0 Å². The molecule has 0 fully saturated rings. The molecular formula is C15H14N4OS. The molecular weight excluding hydrogens is 284 g/mol. The van der Waals surface area contributed by atoms with E-state index in [2.05, 4.69) is 20.3 Å². The standard InChI is InChI=1S/C15H14N4OS/c1-10-19-14(9-21-10)12-5-13(17-8-12)15(20)18-7-11-3-2-4-16-6-11/h2-6,8-9,17H,7H2,1H3,(H,18,20). The second-order valence-corrected chi connectivity index (χ2v) is 5.66. The molecule has 5 nitrogen and oxygen atoms in total. The summed E-state index contributed by atoms with van der Waals surface area (Å²) < 4.78 is 0. The number of H-pyrrole nitrogens is 1. The zero-order valence-electron chi connectivity index (χ0n) is 11.5. The quantitative estimate of drug-likeness (QED) is 0.778. The first-order chi connectivity index (χ1) is 10.2. The molecule has 0 atom stereocenters. The summed E-state index contributed by atoms with van der Waals surface area (Å²) in [7, 11) is 0. The average Bonchev–Trinajstić information content (AvgIpc) is 3.14. The number of nitrogens with zero attached hydrogens (tertiary/aromatic N) is 2. The molecule has 0 unspecified atom stereocenters. The van der Waals surface area contributed by atoms with Gasteiger partial charge in [0.2, 0.25) is 0 Å². The predicted molar refractivity (Wildman–Crippen MR) is 82.0 cm³/mol. The van der Waals surface area contributed by atoms with E-state index in [-0.39, 0.29) is 5.91 Å². The lowest BCUT2D eigenvalue weighted by molar-refractivity contribution is 0.0946. The van der Waals surface area contributed by atoms with Crippen LogP contribution in [0.15, 0.2) is 42.2 Å². The zero-order valence-corrected chi connectivity index (χ0v) is 12.3. The van der Waals surface area contributed by atoms with Crippen molar-refractivity contribution in [1.82, 2.24) is 20.3 Å². The maximum atomic E-state index is 12.1. The highest BCUT2D eigenvalue weighted by molar-refractivity contribution is 7.09. The van der Waals surface area contributed by atoms with Crippen LogP contribution in [-0.4, -0.2) is 20.9 Å². The number of hydrogen-bond donors (Lipinski definition) is 2. The Morgan fingerprint density at radius 2 is 2.38 bits per heavy atom. The van der Waals surface area contributed by atoms with Crippen LogP contribution in [0.25, 0.3) is 11.3 Å². The van der Waals surface area contributed by atoms with Crippen molar-refractivity contribution in [1.29, 1.82) is 0 Å². The average molecular weight is 298 g/mol. The maximum absolute atomic E-state index is 12.1. The number of aromatic nitrogens is 3. The van der Waals surface area contributed by atoms with E-state index >= 15 is 0 Å². The minimum atomic E-state index is -0.142. The highest BCUT2D eigenvalue weighted by Crippen LogP contribution is 2.22. The molecule has 0 radical (unpaired) electrons. The van der Waals surface area contributed by atoms with Gasteiger partial charge in [0.25, 0.3) is 5.91 Å². The van der Waals surface area contributed by atoms with Crippen LogP contribution in [0.3, 0.4) is 0 Å². The molecule has 3 heterocycles. The first-order valence-electron chi connectivity index (χ1n) is 6.50. The Kier molecular flexibility index (Phi) is 3.79. The van der Waals surface area contributed by atoms with Gasteiger partial charge in [-0.05, 0) is 24.6 Å². The Morgan fingerprint density at radius 3 is 3.10 bits per heavy atom. The molecule has 0 aliphatic heterocycles. The number of nitrogens with one attached hydrogen (secondary N) is 2. The van der Waals surface area contributed by atoms with Crippen molar-refractivity contribution in [2.75, 3.05) is 0 Å². The van der Waals surface area contributed by atoms with Crippen molar-refractivity contribution in [3.8, 4) is 11.3 Å². The monoisotopic (exact) mass is 298 g/mol. The molecule has 0 saturated heterocycles. The van der Waals surface area contributed by atoms with Gasteiger partial charge in [0.1, 0.15) is 5.69 Å². The van der Waals surface area contributed by atoms with E-state index in [0.717, 1.165) is 21.8 Å². The second kappa shape index (κ2) is 5.88. The summed E-state index contributed by atoms with van der Waals surface area (Å²) in [6.07, 6.45) is 5.24. The number of pyridine rings is 1. The normalized spacial score (nSPS) is 10.5. The zero-order chi connectivity index (χ0) is 14.7. The molecule has 3 rings (SSSR count). The first kappa shape index (κ1) is 13.5. The van der Waals surface area contributed by atoms with E-state index in [9.17, 15) is 4.79 Å². The first-order valence-corrected chi connectivity index (χ1v) is 7.38. The maximum Gasteiger partial charge on any atom is 0.267 e. The Balaban J connectivity index is 1.67.